The molecule has 18 heavy (non-hydrogen) atoms. The molecule has 3 nitrogen and oxygen atoms in total. The van der Waals surface area contributed by atoms with Gasteiger partial charge in [0.25, 0.3) is 0 Å². The van der Waals surface area contributed by atoms with Crippen molar-refractivity contribution in [3.63, 3.8) is 0 Å². The van der Waals surface area contributed by atoms with Gasteiger partial charge < -0.3 is 10.2 Å². The fraction of sp³-hybridized carbons (Fsp3) is 0.786. The van der Waals surface area contributed by atoms with Gasteiger partial charge in [-0.15, -0.1) is 11.3 Å². The SMILES string of the molecule is Cc1ncsc1CN(C)CC(C)(C)CNC1CC1. The fourth-order valence-corrected chi connectivity index (χ4v) is 3.13. The van der Waals surface area contributed by atoms with Crippen LogP contribution in [-0.2, 0) is 6.54 Å². The zero-order valence-corrected chi connectivity index (χ0v) is 12.8. The van der Waals surface area contributed by atoms with Gasteiger partial charge in [0.15, 0.2) is 0 Å². The van der Waals surface area contributed by atoms with E-state index in [1.54, 1.807) is 11.3 Å². The average molecular weight is 267 g/mol. The van der Waals surface area contributed by atoms with E-state index in [1.807, 2.05) is 5.51 Å². The minimum Gasteiger partial charge on any atom is -0.313 e. The molecule has 1 aromatic heterocycles. The molecule has 0 atom stereocenters. The highest BCUT2D eigenvalue weighted by Gasteiger charge is 2.26. The molecule has 1 heterocycles. The average Bonchev–Trinajstić information content (AvgIpc) is 3.01. The molecule has 2 rings (SSSR count). The van der Waals surface area contributed by atoms with Crippen LogP contribution < -0.4 is 5.32 Å². The van der Waals surface area contributed by atoms with E-state index in [1.165, 1.54) is 23.4 Å². The van der Waals surface area contributed by atoms with E-state index in [0.29, 0.717) is 5.41 Å². The predicted molar refractivity (Wildman–Crippen MR) is 78.0 cm³/mol. The molecular weight excluding hydrogens is 242 g/mol. The summed E-state index contributed by atoms with van der Waals surface area (Å²) >= 11 is 1.76. The third-order valence-corrected chi connectivity index (χ3v) is 4.32. The molecule has 0 saturated heterocycles. The van der Waals surface area contributed by atoms with Gasteiger partial charge in [0.1, 0.15) is 0 Å². The Kier molecular flexibility index (Phi) is 4.41. The van der Waals surface area contributed by atoms with Crippen molar-refractivity contribution in [2.75, 3.05) is 20.1 Å². The van der Waals surface area contributed by atoms with Gasteiger partial charge in [-0.05, 0) is 32.2 Å². The first-order valence-corrected chi connectivity index (χ1v) is 7.65. The first-order chi connectivity index (χ1) is 8.46. The summed E-state index contributed by atoms with van der Waals surface area (Å²) in [4.78, 5) is 8.12. The number of nitrogens with one attached hydrogen (secondary N) is 1. The zero-order valence-electron chi connectivity index (χ0n) is 12.0. The van der Waals surface area contributed by atoms with Crippen molar-refractivity contribution in [2.45, 2.75) is 46.2 Å². The highest BCUT2D eigenvalue weighted by Crippen LogP contribution is 2.23. The second kappa shape index (κ2) is 5.68. The lowest BCUT2D eigenvalue weighted by molar-refractivity contribution is 0.199. The Balaban J connectivity index is 1.78. The third-order valence-electron chi connectivity index (χ3n) is 3.40. The summed E-state index contributed by atoms with van der Waals surface area (Å²) in [5.41, 5.74) is 3.45. The van der Waals surface area contributed by atoms with E-state index in [4.69, 9.17) is 0 Å². The lowest BCUT2D eigenvalue weighted by atomic mass is 9.92. The van der Waals surface area contributed by atoms with E-state index in [-0.39, 0.29) is 0 Å². The van der Waals surface area contributed by atoms with Gasteiger partial charge in [0.05, 0.1) is 11.2 Å². The van der Waals surface area contributed by atoms with Crippen LogP contribution in [0.3, 0.4) is 0 Å². The lowest BCUT2D eigenvalue weighted by Gasteiger charge is -2.30. The zero-order chi connectivity index (χ0) is 13.2. The van der Waals surface area contributed by atoms with Gasteiger partial charge >= 0.3 is 0 Å². The summed E-state index contributed by atoms with van der Waals surface area (Å²) < 4.78 is 0. The standard InChI is InChI=1S/C14H25N3S/c1-11-13(18-10-16-11)7-17(4)9-14(2,3)8-15-12-5-6-12/h10,12,15H,5-9H2,1-4H3. The normalized spacial score (nSPS) is 16.5. The summed E-state index contributed by atoms with van der Waals surface area (Å²) in [6.45, 7) is 10.0. The van der Waals surface area contributed by atoms with Crippen LogP contribution in [-0.4, -0.2) is 36.1 Å². The number of nitrogens with zero attached hydrogens (tertiary/aromatic N) is 2. The molecule has 102 valence electrons. The first-order valence-electron chi connectivity index (χ1n) is 6.77. The lowest BCUT2D eigenvalue weighted by Crippen LogP contribution is -2.39. The number of rotatable bonds is 7. The van der Waals surface area contributed by atoms with Crippen LogP contribution in [0.5, 0.6) is 0 Å². The third kappa shape index (κ3) is 4.34. The second-order valence-electron chi connectivity index (χ2n) is 6.35. The van der Waals surface area contributed by atoms with E-state index < -0.39 is 0 Å². The minimum atomic E-state index is 0.329. The number of aromatic nitrogens is 1. The van der Waals surface area contributed by atoms with Crippen LogP contribution >= 0.6 is 11.3 Å². The molecule has 0 amide bonds. The van der Waals surface area contributed by atoms with Crippen LogP contribution in [0.15, 0.2) is 5.51 Å². The summed E-state index contributed by atoms with van der Waals surface area (Å²) in [5.74, 6) is 0. The maximum atomic E-state index is 4.31. The molecule has 0 unspecified atom stereocenters. The van der Waals surface area contributed by atoms with Crippen molar-refractivity contribution in [3.05, 3.63) is 16.1 Å². The van der Waals surface area contributed by atoms with E-state index in [0.717, 1.165) is 25.7 Å². The van der Waals surface area contributed by atoms with Crippen molar-refractivity contribution in [1.29, 1.82) is 0 Å². The number of aryl methyl sites for hydroxylation is 1. The highest BCUT2D eigenvalue weighted by atomic mass is 32.1. The molecule has 0 radical (unpaired) electrons. The van der Waals surface area contributed by atoms with Gasteiger partial charge in [0, 0.05) is 30.6 Å². The fourth-order valence-electron chi connectivity index (χ4n) is 2.27. The Bertz CT molecular complexity index is 382. The Morgan fingerprint density at radius 1 is 1.50 bits per heavy atom. The molecule has 0 aliphatic heterocycles. The maximum Gasteiger partial charge on any atom is 0.0798 e. The van der Waals surface area contributed by atoms with Crippen molar-refractivity contribution in [2.24, 2.45) is 5.41 Å². The van der Waals surface area contributed by atoms with Gasteiger partial charge in [-0.1, -0.05) is 13.8 Å². The first kappa shape index (κ1) is 14.0. The van der Waals surface area contributed by atoms with Crippen molar-refractivity contribution >= 4 is 11.3 Å². The molecule has 1 aliphatic rings. The summed E-state index contributed by atoms with van der Waals surface area (Å²) in [5, 5.41) is 3.64. The van der Waals surface area contributed by atoms with Gasteiger partial charge in [-0.3, -0.25) is 0 Å². The molecule has 1 aliphatic carbocycles. The Morgan fingerprint density at radius 3 is 2.78 bits per heavy atom. The molecule has 1 aromatic rings. The predicted octanol–water partition coefficient (Wildman–Crippen LogP) is 2.66. The van der Waals surface area contributed by atoms with E-state index in [9.17, 15) is 0 Å². The number of hydrogen-bond donors (Lipinski definition) is 1. The van der Waals surface area contributed by atoms with Crippen molar-refractivity contribution in [1.82, 2.24) is 15.2 Å². The van der Waals surface area contributed by atoms with Crippen LogP contribution in [0.1, 0.15) is 37.3 Å². The maximum absolute atomic E-state index is 4.31. The highest BCUT2D eigenvalue weighted by molar-refractivity contribution is 7.09. The Morgan fingerprint density at radius 2 is 2.22 bits per heavy atom. The number of hydrogen-bond acceptors (Lipinski definition) is 4. The van der Waals surface area contributed by atoms with Crippen LogP contribution in [0.25, 0.3) is 0 Å². The summed E-state index contributed by atoms with van der Waals surface area (Å²) in [6, 6.07) is 0.804. The molecule has 1 N–H and O–H groups in total. The van der Waals surface area contributed by atoms with Crippen LogP contribution in [0.2, 0.25) is 0 Å². The molecule has 0 spiro atoms. The minimum absolute atomic E-state index is 0.329. The van der Waals surface area contributed by atoms with Crippen molar-refractivity contribution in [3.8, 4) is 0 Å². The molecule has 0 bridgehead atoms. The van der Waals surface area contributed by atoms with Gasteiger partial charge in [-0.25, -0.2) is 4.98 Å². The summed E-state index contributed by atoms with van der Waals surface area (Å²) in [7, 11) is 2.21. The van der Waals surface area contributed by atoms with E-state index in [2.05, 4.69) is 43.0 Å². The molecular formula is C14H25N3S. The second-order valence-corrected chi connectivity index (χ2v) is 7.29. The smallest absolute Gasteiger partial charge is 0.0798 e. The monoisotopic (exact) mass is 267 g/mol. The molecule has 0 aromatic carbocycles. The quantitative estimate of drug-likeness (QED) is 0.823. The number of thiazole rings is 1. The summed E-state index contributed by atoms with van der Waals surface area (Å²) in [6.07, 6.45) is 2.73. The Hall–Kier alpha value is -0.450. The topological polar surface area (TPSA) is 28.2 Å². The van der Waals surface area contributed by atoms with Crippen LogP contribution in [0, 0.1) is 12.3 Å². The van der Waals surface area contributed by atoms with E-state index >= 15 is 0 Å². The molecule has 1 fully saturated rings. The van der Waals surface area contributed by atoms with Gasteiger partial charge in [0.2, 0.25) is 0 Å². The molecule has 1 saturated carbocycles. The van der Waals surface area contributed by atoms with Gasteiger partial charge in [-0.2, -0.15) is 0 Å². The Labute approximate surface area is 115 Å². The van der Waals surface area contributed by atoms with Crippen molar-refractivity contribution < 1.29 is 0 Å². The molecule has 4 heteroatoms. The van der Waals surface area contributed by atoms with Crippen LogP contribution in [0.4, 0.5) is 0 Å². The largest absolute Gasteiger partial charge is 0.313 e.